The molecule has 0 aliphatic heterocycles. The van der Waals surface area contributed by atoms with Crippen LogP contribution in [0, 0.1) is 0 Å². The van der Waals surface area contributed by atoms with Gasteiger partial charge in [-0.1, -0.05) is 0 Å². The predicted octanol–water partition coefficient (Wildman–Crippen LogP) is 1.84. The number of ether oxygens (including phenoxy) is 3. The number of rotatable bonds is 6. The Hall–Kier alpha value is -1.71. The van der Waals surface area contributed by atoms with E-state index < -0.39 is 0 Å². The van der Waals surface area contributed by atoms with Gasteiger partial charge in [0.05, 0.1) is 21.3 Å². The molecule has 0 radical (unpaired) electrons. The Balaban J connectivity index is 3.09. The van der Waals surface area contributed by atoms with Gasteiger partial charge in [-0.3, -0.25) is 0 Å². The van der Waals surface area contributed by atoms with E-state index in [0.717, 1.165) is 11.8 Å². The topological polar surface area (TPSA) is 44.8 Å². The molecule has 0 heterocycles. The van der Waals surface area contributed by atoms with E-state index >= 15 is 0 Å². The lowest BCUT2D eigenvalue weighted by Gasteiger charge is -2.13. The van der Waals surface area contributed by atoms with E-state index in [1.165, 1.54) is 0 Å². The average Bonchev–Trinajstić information content (AvgIpc) is 2.34. The number of hydrogen-bond donors (Lipinski definition) is 0. The third-order valence-corrected chi connectivity index (χ3v) is 2.28. The molecule has 0 aromatic heterocycles. The van der Waals surface area contributed by atoms with Crippen LogP contribution in [-0.2, 0) is 11.2 Å². The van der Waals surface area contributed by atoms with Crippen molar-refractivity contribution >= 4 is 6.29 Å². The molecule has 16 heavy (non-hydrogen) atoms. The van der Waals surface area contributed by atoms with Gasteiger partial charge in [-0.2, -0.15) is 0 Å². The molecule has 0 aliphatic carbocycles. The summed E-state index contributed by atoms with van der Waals surface area (Å²) in [5.74, 6) is 1.80. The van der Waals surface area contributed by atoms with Gasteiger partial charge in [0.15, 0.2) is 11.5 Å². The second-order valence-electron chi connectivity index (χ2n) is 3.24. The van der Waals surface area contributed by atoms with E-state index in [-0.39, 0.29) is 0 Å². The van der Waals surface area contributed by atoms with Crippen LogP contribution in [0.3, 0.4) is 0 Å². The molecule has 4 nitrogen and oxygen atoms in total. The van der Waals surface area contributed by atoms with Gasteiger partial charge in [0.25, 0.3) is 0 Å². The number of benzene rings is 1. The molecule has 0 N–H and O–H groups in total. The maximum absolute atomic E-state index is 10.3. The minimum atomic E-state index is 0.485. The molecule has 0 unspecified atom stereocenters. The Morgan fingerprint density at radius 2 is 1.62 bits per heavy atom. The standard InChI is InChI=1S/C12H16O4/c1-14-10-7-9(5-4-6-13)8-11(15-2)12(10)16-3/h6-8H,4-5H2,1-3H3. The number of aldehydes is 1. The Bertz CT molecular complexity index is 335. The molecule has 0 saturated carbocycles. The minimum Gasteiger partial charge on any atom is -0.493 e. The maximum Gasteiger partial charge on any atom is 0.203 e. The highest BCUT2D eigenvalue weighted by Gasteiger charge is 2.12. The van der Waals surface area contributed by atoms with Crippen LogP contribution in [0.25, 0.3) is 0 Å². The summed E-state index contributed by atoms with van der Waals surface area (Å²) >= 11 is 0. The van der Waals surface area contributed by atoms with E-state index in [4.69, 9.17) is 14.2 Å². The van der Waals surface area contributed by atoms with Crippen LogP contribution in [-0.4, -0.2) is 27.6 Å². The van der Waals surface area contributed by atoms with Crippen molar-refractivity contribution in [1.82, 2.24) is 0 Å². The third-order valence-electron chi connectivity index (χ3n) is 2.28. The first kappa shape index (κ1) is 12.4. The zero-order valence-corrected chi connectivity index (χ0v) is 9.78. The molecule has 0 amide bonds. The number of aryl methyl sites for hydroxylation is 1. The van der Waals surface area contributed by atoms with Crippen LogP contribution in [0.2, 0.25) is 0 Å². The van der Waals surface area contributed by atoms with Crippen molar-refractivity contribution in [2.24, 2.45) is 0 Å². The first-order valence-electron chi connectivity index (χ1n) is 4.99. The van der Waals surface area contributed by atoms with Crippen molar-refractivity contribution in [2.75, 3.05) is 21.3 Å². The van der Waals surface area contributed by atoms with E-state index in [9.17, 15) is 4.79 Å². The summed E-state index contributed by atoms with van der Waals surface area (Å²) in [5, 5.41) is 0. The van der Waals surface area contributed by atoms with E-state index in [2.05, 4.69) is 0 Å². The highest BCUT2D eigenvalue weighted by molar-refractivity contribution is 5.55. The van der Waals surface area contributed by atoms with Gasteiger partial charge in [0.1, 0.15) is 6.29 Å². The van der Waals surface area contributed by atoms with Gasteiger partial charge in [0.2, 0.25) is 5.75 Å². The first-order valence-corrected chi connectivity index (χ1v) is 4.99. The van der Waals surface area contributed by atoms with Crippen molar-refractivity contribution in [3.8, 4) is 17.2 Å². The molecule has 1 aromatic rings. The summed E-state index contributed by atoms with van der Waals surface area (Å²) in [6.07, 6.45) is 2.04. The number of carbonyl (C=O) groups is 1. The van der Waals surface area contributed by atoms with Crippen LogP contribution < -0.4 is 14.2 Å². The quantitative estimate of drug-likeness (QED) is 0.692. The second kappa shape index (κ2) is 6.00. The molecule has 88 valence electrons. The van der Waals surface area contributed by atoms with Gasteiger partial charge in [0, 0.05) is 6.42 Å². The van der Waals surface area contributed by atoms with Crippen LogP contribution >= 0.6 is 0 Å². The summed E-state index contributed by atoms with van der Waals surface area (Å²) in [6, 6.07) is 3.70. The summed E-state index contributed by atoms with van der Waals surface area (Å²) in [6.45, 7) is 0. The van der Waals surface area contributed by atoms with Crippen LogP contribution in [0.15, 0.2) is 12.1 Å². The lowest BCUT2D eigenvalue weighted by atomic mass is 10.1. The van der Waals surface area contributed by atoms with Gasteiger partial charge in [-0.25, -0.2) is 0 Å². The zero-order valence-electron chi connectivity index (χ0n) is 9.78. The highest BCUT2D eigenvalue weighted by atomic mass is 16.5. The second-order valence-corrected chi connectivity index (χ2v) is 3.24. The average molecular weight is 224 g/mol. The molecule has 1 rings (SSSR count). The van der Waals surface area contributed by atoms with Crippen LogP contribution in [0.5, 0.6) is 17.2 Å². The van der Waals surface area contributed by atoms with E-state index in [0.29, 0.717) is 30.1 Å². The van der Waals surface area contributed by atoms with Gasteiger partial charge < -0.3 is 19.0 Å². The lowest BCUT2D eigenvalue weighted by Crippen LogP contribution is -1.97. The summed E-state index contributed by atoms with van der Waals surface area (Å²) in [4.78, 5) is 10.3. The first-order chi connectivity index (χ1) is 7.76. The molecule has 0 saturated heterocycles. The van der Waals surface area contributed by atoms with Crippen molar-refractivity contribution < 1.29 is 19.0 Å². The van der Waals surface area contributed by atoms with Crippen LogP contribution in [0.1, 0.15) is 12.0 Å². The van der Waals surface area contributed by atoms with Gasteiger partial charge in [-0.15, -0.1) is 0 Å². The molecule has 0 fully saturated rings. The SMILES string of the molecule is COc1cc(CCC=O)cc(OC)c1OC. The third kappa shape index (κ3) is 2.66. The molecular formula is C12H16O4. The molecule has 0 spiro atoms. The van der Waals surface area contributed by atoms with E-state index in [1.54, 1.807) is 21.3 Å². The Morgan fingerprint density at radius 1 is 1.06 bits per heavy atom. The molecular weight excluding hydrogens is 208 g/mol. The molecule has 0 aliphatic rings. The number of carbonyl (C=O) groups excluding carboxylic acids is 1. The summed E-state index contributed by atoms with van der Waals surface area (Å²) in [5.41, 5.74) is 0.988. The molecule has 0 bridgehead atoms. The monoisotopic (exact) mass is 224 g/mol. The lowest BCUT2D eigenvalue weighted by molar-refractivity contribution is -0.107. The highest BCUT2D eigenvalue weighted by Crippen LogP contribution is 2.38. The summed E-state index contributed by atoms with van der Waals surface area (Å²) < 4.78 is 15.6. The zero-order chi connectivity index (χ0) is 12.0. The largest absolute Gasteiger partial charge is 0.493 e. The summed E-state index contributed by atoms with van der Waals surface area (Å²) in [7, 11) is 4.70. The van der Waals surface area contributed by atoms with Crippen molar-refractivity contribution in [3.05, 3.63) is 17.7 Å². The predicted molar refractivity (Wildman–Crippen MR) is 60.5 cm³/mol. The smallest absolute Gasteiger partial charge is 0.203 e. The Morgan fingerprint density at radius 3 is 2.00 bits per heavy atom. The molecule has 0 atom stereocenters. The van der Waals surface area contributed by atoms with Crippen molar-refractivity contribution in [2.45, 2.75) is 12.8 Å². The van der Waals surface area contributed by atoms with Crippen molar-refractivity contribution in [3.63, 3.8) is 0 Å². The Kier molecular flexibility index (Phi) is 4.64. The molecule has 4 heteroatoms. The number of hydrogen-bond acceptors (Lipinski definition) is 4. The normalized spacial score (nSPS) is 9.69. The van der Waals surface area contributed by atoms with Gasteiger partial charge in [-0.05, 0) is 24.1 Å². The fourth-order valence-electron chi connectivity index (χ4n) is 1.51. The van der Waals surface area contributed by atoms with Gasteiger partial charge >= 0.3 is 0 Å². The number of methoxy groups -OCH3 is 3. The minimum absolute atomic E-state index is 0.485. The van der Waals surface area contributed by atoms with Crippen LogP contribution in [0.4, 0.5) is 0 Å². The Labute approximate surface area is 95.1 Å². The maximum atomic E-state index is 10.3. The fourth-order valence-corrected chi connectivity index (χ4v) is 1.51. The van der Waals surface area contributed by atoms with Crippen molar-refractivity contribution in [1.29, 1.82) is 0 Å². The fraction of sp³-hybridized carbons (Fsp3) is 0.417. The van der Waals surface area contributed by atoms with E-state index in [1.807, 2.05) is 12.1 Å². The molecule has 1 aromatic carbocycles.